The fourth-order valence-corrected chi connectivity index (χ4v) is 3.07. The molecule has 1 heterocycles. The molecule has 2 heteroatoms. The van der Waals surface area contributed by atoms with Crippen LogP contribution in [-0.4, -0.2) is 12.8 Å². The fourth-order valence-electron chi connectivity index (χ4n) is 3.07. The lowest BCUT2D eigenvalue weighted by Crippen LogP contribution is -2.17. The Morgan fingerprint density at radius 2 is 1.32 bits per heavy atom. The van der Waals surface area contributed by atoms with Gasteiger partial charge in [-0.2, -0.15) is 0 Å². The van der Waals surface area contributed by atoms with Crippen LogP contribution in [-0.2, 0) is 10.8 Å². The third kappa shape index (κ3) is 3.63. The highest BCUT2D eigenvalue weighted by molar-refractivity contribution is 6.32. The van der Waals surface area contributed by atoms with Gasteiger partial charge in [0.25, 0.3) is 0 Å². The van der Waals surface area contributed by atoms with Crippen molar-refractivity contribution in [3.63, 3.8) is 0 Å². The van der Waals surface area contributed by atoms with Crippen LogP contribution in [0.15, 0.2) is 48.5 Å². The first kappa shape index (κ1) is 17.7. The molecule has 0 saturated heterocycles. The van der Waals surface area contributed by atoms with Crippen LogP contribution in [0.5, 0.6) is 0 Å². The van der Waals surface area contributed by atoms with Crippen LogP contribution in [0.25, 0.3) is 22.0 Å². The van der Waals surface area contributed by atoms with E-state index in [9.17, 15) is 0 Å². The highest BCUT2D eigenvalue weighted by atomic mass is 14.7. The summed E-state index contributed by atoms with van der Waals surface area (Å²) in [6, 6.07) is 17.1. The normalized spacial score (nSPS) is 12.6. The zero-order valence-corrected chi connectivity index (χ0v) is 16.1. The number of rotatable bonds is 1. The third-order valence-corrected chi connectivity index (χ3v) is 4.70. The molecule has 0 atom stereocenters. The minimum Gasteiger partial charge on any atom is -0.264 e. The monoisotopic (exact) mass is 327 g/mol. The first-order valence-electron chi connectivity index (χ1n) is 8.87. The molecule has 2 aromatic carbocycles. The maximum Gasteiger partial charge on any atom is 0.141 e. The second-order valence-electron chi connectivity index (χ2n) is 8.92. The van der Waals surface area contributed by atoms with E-state index >= 15 is 0 Å². The number of fused-ring (bicyclic) bond motifs is 1. The van der Waals surface area contributed by atoms with E-state index in [-0.39, 0.29) is 10.8 Å². The minimum absolute atomic E-state index is 0.0755. The summed E-state index contributed by atoms with van der Waals surface area (Å²) in [5, 5.41) is 2.27. The van der Waals surface area contributed by atoms with E-state index in [1.54, 1.807) is 0 Å². The van der Waals surface area contributed by atoms with E-state index in [4.69, 9.17) is 12.8 Å². The molecule has 0 fully saturated rings. The summed E-state index contributed by atoms with van der Waals surface area (Å²) in [6.07, 6.45) is 0. The van der Waals surface area contributed by atoms with Gasteiger partial charge < -0.3 is 0 Å². The highest BCUT2D eigenvalue weighted by Crippen LogP contribution is 2.35. The van der Waals surface area contributed by atoms with Crippen molar-refractivity contribution < 1.29 is 0 Å². The van der Waals surface area contributed by atoms with E-state index in [0.717, 1.165) is 22.0 Å². The Hall–Kier alpha value is -2.09. The van der Waals surface area contributed by atoms with E-state index in [2.05, 4.69) is 77.9 Å². The van der Waals surface area contributed by atoms with E-state index < -0.39 is 0 Å². The summed E-state index contributed by atoms with van der Waals surface area (Å²) in [4.78, 5) is 4.70. The first-order valence-corrected chi connectivity index (χ1v) is 8.87. The van der Waals surface area contributed by atoms with Crippen LogP contribution < -0.4 is 5.59 Å². The molecule has 0 bridgehead atoms. The van der Waals surface area contributed by atoms with Gasteiger partial charge >= 0.3 is 0 Å². The smallest absolute Gasteiger partial charge is 0.141 e. The zero-order chi connectivity index (χ0) is 18.4. The number of nitrogens with zero attached hydrogens (tertiary/aromatic N) is 1. The van der Waals surface area contributed by atoms with Gasteiger partial charge in [-0.1, -0.05) is 71.9 Å². The molecule has 1 aromatic heterocycles. The van der Waals surface area contributed by atoms with Crippen molar-refractivity contribution in [3.05, 3.63) is 59.7 Å². The van der Waals surface area contributed by atoms with Crippen molar-refractivity contribution >= 4 is 24.2 Å². The molecule has 0 aliphatic heterocycles. The average Bonchev–Trinajstić information content (AvgIpc) is 2.52. The Balaban J connectivity index is 2.34. The summed E-state index contributed by atoms with van der Waals surface area (Å²) < 4.78 is 0. The van der Waals surface area contributed by atoms with E-state index in [0.29, 0.717) is 5.59 Å². The summed E-state index contributed by atoms with van der Waals surface area (Å²) in [7, 11) is 6.10. The van der Waals surface area contributed by atoms with Crippen LogP contribution in [0.3, 0.4) is 0 Å². The van der Waals surface area contributed by atoms with Crippen molar-refractivity contribution in [2.24, 2.45) is 0 Å². The van der Waals surface area contributed by atoms with Gasteiger partial charge in [-0.3, -0.25) is 4.98 Å². The van der Waals surface area contributed by atoms with Gasteiger partial charge in [0.15, 0.2) is 0 Å². The molecule has 126 valence electrons. The quantitative estimate of drug-likeness (QED) is 0.553. The van der Waals surface area contributed by atoms with E-state index in [1.807, 2.05) is 12.1 Å². The predicted octanol–water partition coefficient (Wildman–Crippen LogP) is 5.29. The molecular weight excluding hydrogens is 301 g/mol. The van der Waals surface area contributed by atoms with Crippen LogP contribution in [0.4, 0.5) is 0 Å². The van der Waals surface area contributed by atoms with Crippen molar-refractivity contribution in [3.8, 4) is 11.3 Å². The Morgan fingerprint density at radius 1 is 0.760 bits per heavy atom. The van der Waals surface area contributed by atoms with Crippen LogP contribution in [0.2, 0.25) is 0 Å². The number of pyridine rings is 1. The molecule has 0 aliphatic rings. The van der Waals surface area contributed by atoms with E-state index in [1.165, 1.54) is 11.1 Å². The van der Waals surface area contributed by atoms with Crippen LogP contribution in [0, 0.1) is 0 Å². The Bertz CT molecular complexity index is 895. The lowest BCUT2D eigenvalue weighted by molar-refractivity contribution is 0.569. The van der Waals surface area contributed by atoms with Gasteiger partial charge in [0.05, 0.1) is 5.69 Å². The summed E-state index contributed by atoms with van der Waals surface area (Å²) in [6.45, 7) is 13.5. The van der Waals surface area contributed by atoms with Gasteiger partial charge in [0.2, 0.25) is 0 Å². The van der Waals surface area contributed by atoms with Gasteiger partial charge in [-0.15, -0.1) is 0 Å². The largest absolute Gasteiger partial charge is 0.264 e. The minimum atomic E-state index is 0.0755. The maximum absolute atomic E-state index is 6.10. The molecule has 0 N–H and O–H groups in total. The SMILES string of the molecule is [B]c1cc2ccccc2c(-c2cc(C(C)(C)C)cc(C(C)(C)C)c2)n1. The van der Waals surface area contributed by atoms with Crippen LogP contribution in [0.1, 0.15) is 52.7 Å². The first-order chi connectivity index (χ1) is 11.6. The van der Waals surface area contributed by atoms with Gasteiger partial charge in [-0.25, -0.2) is 0 Å². The number of hydrogen-bond acceptors (Lipinski definition) is 1. The number of hydrogen-bond donors (Lipinski definition) is 0. The summed E-state index contributed by atoms with van der Waals surface area (Å²) >= 11 is 0. The van der Waals surface area contributed by atoms with Crippen molar-refractivity contribution in [2.75, 3.05) is 0 Å². The lowest BCUT2D eigenvalue weighted by Gasteiger charge is -2.26. The fraction of sp³-hybridized carbons (Fsp3) is 0.348. The van der Waals surface area contributed by atoms with Gasteiger partial charge in [0, 0.05) is 10.9 Å². The predicted molar refractivity (Wildman–Crippen MR) is 110 cm³/mol. The second kappa shape index (κ2) is 6.02. The molecule has 3 rings (SSSR count). The Labute approximate surface area is 152 Å². The van der Waals surface area contributed by atoms with Crippen molar-refractivity contribution in [1.82, 2.24) is 4.98 Å². The second-order valence-corrected chi connectivity index (χ2v) is 8.92. The van der Waals surface area contributed by atoms with Gasteiger partial charge in [0.1, 0.15) is 7.85 Å². The van der Waals surface area contributed by atoms with Crippen molar-refractivity contribution in [2.45, 2.75) is 52.4 Å². The molecule has 25 heavy (non-hydrogen) atoms. The molecule has 1 nitrogen and oxygen atoms in total. The average molecular weight is 327 g/mol. The Kier molecular flexibility index (Phi) is 4.27. The molecule has 0 spiro atoms. The lowest BCUT2D eigenvalue weighted by atomic mass is 9.79. The molecule has 0 unspecified atom stereocenters. The molecular formula is C23H26BN. The zero-order valence-electron chi connectivity index (χ0n) is 16.1. The van der Waals surface area contributed by atoms with Crippen molar-refractivity contribution in [1.29, 1.82) is 0 Å². The summed E-state index contributed by atoms with van der Waals surface area (Å²) in [5.41, 5.74) is 5.46. The molecule has 0 saturated carbocycles. The standard InChI is InChI=1S/C23H26BN/c1-22(2,3)17-11-16(12-18(14-17)23(4,5)6)21-19-10-8-7-9-15(19)13-20(24)25-21/h7-14H,1-6H3. The molecule has 0 amide bonds. The molecule has 3 aromatic rings. The topological polar surface area (TPSA) is 12.9 Å². The van der Waals surface area contributed by atoms with Crippen LogP contribution >= 0.6 is 0 Å². The summed E-state index contributed by atoms with van der Waals surface area (Å²) in [5.74, 6) is 0. The molecule has 2 radical (unpaired) electrons. The molecule has 0 aliphatic carbocycles. The Morgan fingerprint density at radius 3 is 1.88 bits per heavy atom. The third-order valence-electron chi connectivity index (χ3n) is 4.70. The number of aromatic nitrogens is 1. The highest BCUT2D eigenvalue weighted by Gasteiger charge is 2.21. The number of benzene rings is 2. The van der Waals surface area contributed by atoms with Gasteiger partial charge in [-0.05, 0) is 51.1 Å². The maximum atomic E-state index is 6.10.